The maximum absolute atomic E-state index is 11.8. The van der Waals surface area contributed by atoms with Gasteiger partial charge in [0.1, 0.15) is 5.82 Å². The molecule has 1 heterocycles. The van der Waals surface area contributed by atoms with Gasteiger partial charge in [-0.05, 0) is 12.3 Å². The van der Waals surface area contributed by atoms with Crippen LogP contribution in [0.1, 0.15) is 46.4 Å². The predicted octanol–water partition coefficient (Wildman–Crippen LogP) is 1.87. The molecule has 0 saturated heterocycles. The zero-order chi connectivity index (χ0) is 16.3. The van der Waals surface area contributed by atoms with Gasteiger partial charge in [0.2, 0.25) is 11.8 Å². The molecular formula is C16H24N4O2. The Kier molecular flexibility index (Phi) is 4.78. The fraction of sp³-hybridized carbons (Fsp3) is 0.625. The SMILES string of the molecule is C[C@@H]1C[C@H]1C(=O)NCCC(=O)Nc1cnc(C(C)(C)C)nc1. The Morgan fingerprint density at radius 2 is 1.86 bits per heavy atom. The van der Waals surface area contributed by atoms with Crippen LogP contribution in [-0.4, -0.2) is 28.3 Å². The molecule has 2 N–H and O–H groups in total. The van der Waals surface area contributed by atoms with Gasteiger partial charge in [-0.15, -0.1) is 0 Å². The van der Waals surface area contributed by atoms with Crippen LogP contribution in [0.5, 0.6) is 0 Å². The molecule has 2 atom stereocenters. The van der Waals surface area contributed by atoms with E-state index >= 15 is 0 Å². The summed E-state index contributed by atoms with van der Waals surface area (Å²) in [6.45, 7) is 8.50. The van der Waals surface area contributed by atoms with Crippen molar-refractivity contribution in [3.8, 4) is 0 Å². The lowest BCUT2D eigenvalue weighted by molar-refractivity contribution is -0.122. The molecule has 6 nitrogen and oxygen atoms in total. The Morgan fingerprint density at radius 1 is 1.27 bits per heavy atom. The summed E-state index contributed by atoms with van der Waals surface area (Å²) in [4.78, 5) is 31.9. The molecule has 0 radical (unpaired) electrons. The van der Waals surface area contributed by atoms with Gasteiger partial charge in [-0.25, -0.2) is 9.97 Å². The Labute approximate surface area is 131 Å². The highest BCUT2D eigenvalue weighted by atomic mass is 16.2. The minimum absolute atomic E-state index is 0.0539. The first kappa shape index (κ1) is 16.4. The van der Waals surface area contributed by atoms with Gasteiger partial charge in [0, 0.05) is 24.3 Å². The maximum atomic E-state index is 11.8. The molecule has 1 saturated carbocycles. The average Bonchev–Trinajstić information content (AvgIpc) is 3.15. The van der Waals surface area contributed by atoms with Crippen LogP contribution in [0.25, 0.3) is 0 Å². The number of nitrogens with zero attached hydrogens (tertiary/aromatic N) is 2. The minimum Gasteiger partial charge on any atom is -0.355 e. The van der Waals surface area contributed by atoms with Gasteiger partial charge < -0.3 is 10.6 Å². The van der Waals surface area contributed by atoms with Crippen LogP contribution in [-0.2, 0) is 15.0 Å². The summed E-state index contributed by atoms with van der Waals surface area (Å²) in [5.74, 6) is 1.25. The molecule has 1 fully saturated rings. The van der Waals surface area contributed by atoms with Gasteiger partial charge in [-0.3, -0.25) is 9.59 Å². The second-order valence-corrected chi connectivity index (χ2v) is 6.95. The number of carbonyl (C=O) groups is 2. The van der Waals surface area contributed by atoms with E-state index in [0.29, 0.717) is 18.2 Å². The van der Waals surface area contributed by atoms with Crippen LogP contribution < -0.4 is 10.6 Å². The largest absolute Gasteiger partial charge is 0.355 e. The topological polar surface area (TPSA) is 84.0 Å². The number of aromatic nitrogens is 2. The molecule has 0 aliphatic heterocycles. The van der Waals surface area contributed by atoms with E-state index in [-0.39, 0.29) is 29.6 Å². The molecule has 0 unspecified atom stereocenters. The number of nitrogens with one attached hydrogen (secondary N) is 2. The fourth-order valence-electron chi connectivity index (χ4n) is 2.12. The van der Waals surface area contributed by atoms with Crippen molar-refractivity contribution < 1.29 is 9.59 Å². The molecule has 120 valence electrons. The van der Waals surface area contributed by atoms with Gasteiger partial charge in [0.05, 0.1) is 18.1 Å². The van der Waals surface area contributed by atoms with Crippen LogP contribution in [0.15, 0.2) is 12.4 Å². The molecule has 1 aliphatic carbocycles. The highest BCUT2D eigenvalue weighted by Gasteiger charge is 2.38. The lowest BCUT2D eigenvalue weighted by Crippen LogP contribution is -2.29. The predicted molar refractivity (Wildman–Crippen MR) is 84.3 cm³/mol. The van der Waals surface area contributed by atoms with Gasteiger partial charge >= 0.3 is 0 Å². The Morgan fingerprint density at radius 3 is 2.36 bits per heavy atom. The number of hydrogen-bond donors (Lipinski definition) is 2. The van der Waals surface area contributed by atoms with Crippen molar-refractivity contribution in [1.29, 1.82) is 0 Å². The summed E-state index contributed by atoms with van der Waals surface area (Å²) in [5.41, 5.74) is 0.451. The minimum atomic E-state index is -0.156. The summed E-state index contributed by atoms with van der Waals surface area (Å²) in [6, 6.07) is 0. The first-order valence-electron chi connectivity index (χ1n) is 7.67. The van der Waals surface area contributed by atoms with Crippen LogP contribution in [0.2, 0.25) is 0 Å². The second-order valence-electron chi connectivity index (χ2n) is 6.95. The highest BCUT2D eigenvalue weighted by Crippen LogP contribution is 2.37. The average molecular weight is 304 g/mol. The first-order chi connectivity index (χ1) is 10.3. The molecule has 0 spiro atoms. The molecule has 2 amide bonds. The molecule has 1 aliphatic rings. The molecule has 1 aromatic rings. The van der Waals surface area contributed by atoms with E-state index in [2.05, 4.69) is 27.5 Å². The van der Waals surface area contributed by atoms with E-state index in [1.165, 1.54) is 0 Å². The summed E-state index contributed by atoms with van der Waals surface area (Å²) in [7, 11) is 0. The second kappa shape index (κ2) is 6.42. The number of anilines is 1. The van der Waals surface area contributed by atoms with Crippen molar-refractivity contribution in [3.63, 3.8) is 0 Å². The Bertz CT molecular complexity index is 548. The Balaban J connectivity index is 1.73. The first-order valence-corrected chi connectivity index (χ1v) is 7.67. The van der Waals surface area contributed by atoms with E-state index in [9.17, 15) is 9.59 Å². The van der Waals surface area contributed by atoms with Crippen LogP contribution in [0, 0.1) is 11.8 Å². The van der Waals surface area contributed by atoms with Crippen LogP contribution in [0.3, 0.4) is 0 Å². The van der Waals surface area contributed by atoms with Gasteiger partial charge in [-0.2, -0.15) is 0 Å². The number of carbonyl (C=O) groups excluding carboxylic acids is 2. The molecule has 2 rings (SSSR count). The van der Waals surface area contributed by atoms with Crippen molar-refractivity contribution in [2.24, 2.45) is 11.8 Å². The number of rotatable bonds is 5. The summed E-state index contributed by atoms with van der Waals surface area (Å²) in [5, 5.41) is 5.52. The normalized spacial score (nSPS) is 20.4. The van der Waals surface area contributed by atoms with Crippen molar-refractivity contribution in [3.05, 3.63) is 18.2 Å². The van der Waals surface area contributed by atoms with E-state index in [0.717, 1.165) is 12.2 Å². The van der Waals surface area contributed by atoms with E-state index in [1.807, 2.05) is 20.8 Å². The number of amides is 2. The molecule has 0 bridgehead atoms. The van der Waals surface area contributed by atoms with Crippen molar-refractivity contribution in [2.75, 3.05) is 11.9 Å². The zero-order valence-corrected chi connectivity index (χ0v) is 13.6. The van der Waals surface area contributed by atoms with Crippen LogP contribution >= 0.6 is 0 Å². The third kappa shape index (κ3) is 4.51. The van der Waals surface area contributed by atoms with Gasteiger partial charge in [0.25, 0.3) is 0 Å². The monoisotopic (exact) mass is 304 g/mol. The molecule has 0 aromatic carbocycles. The van der Waals surface area contributed by atoms with E-state index in [1.54, 1.807) is 12.4 Å². The third-order valence-corrected chi connectivity index (χ3v) is 3.70. The fourth-order valence-corrected chi connectivity index (χ4v) is 2.12. The third-order valence-electron chi connectivity index (χ3n) is 3.70. The van der Waals surface area contributed by atoms with Crippen molar-refractivity contribution >= 4 is 17.5 Å². The Hall–Kier alpha value is -1.98. The van der Waals surface area contributed by atoms with Crippen molar-refractivity contribution in [2.45, 2.75) is 46.0 Å². The zero-order valence-electron chi connectivity index (χ0n) is 13.6. The molecule has 22 heavy (non-hydrogen) atoms. The lowest BCUT2D eigenvalue weighted by atomic mass is 9.96. The van der Waals surface area contributed by atoms with Gasteiger partial charge in [-0.1, -0.05) is 27.7 Å². The smallest absolute Gasteiger partial charge is 0.226 e. The summed E-state index contributed by atoms with van der Waals surface area (Å²) >= 11 is 0. The maximum Gasteiger partial charge on any atom is 0.226 e. The standard InChI is InChI=1S/C16H24N4O2/c1-10-7-12(10)14(22)17-6-5-13(21)20-11-8-18-15(19-9-11)16(2,3)4/h8-10,12H,5-7H2,1-4H3,(H,17,22)(H,20,21)/t10-,12-/m1/s1. The lowest BCUT2D eigenvalue weighted by Gasteiger charge is -2.16. The van der Waals surface area contributed by atoms with E-state index < -0.39 is 0 Å². The summed E-state index contributed by atoms with van der Waals surface area (Å²) < 4.78 is 0. The highest BCUT2D eigenvalue weighted by molar-refractivity contribution is 5.91. The summed E-state index contributed by atoms with van der Waals surface area (Å²) in [6.07, 6.45) is 4.41. The van der Waals surface area contributed by atoms with Gasteiger partial charge in [0.15, 0.2) is 0 Å². The van der Waals surface area contributed by atoms with Crippen molar-refractivity contribution in [1.82, 2.24) is 15.3 Å². The van der Waals surface area contributed by atoms with Crippen LogP contribution in [0.4, 0.5) is 5.69 Å². The number of hydrogen-bond acceptors (Lipinski definition) is 4. The van der Waals surface area contributed by atoms with E-state index in [4.69, 9.17) is 0 Å². The molecule has 1 aromatic heterocycles. The molecule has 6 heteroatoms. The quantitative estimate of drug-likeness (QED) is 0.870. The molecular weight excluding hydrogens is 280 g/mol.